The fourth-order valence-corrected chi connectivity index (χ4v) is 14.6. The summed E-state index contributed by atoms with van der Waals surface area (Å²) in [4.78, 5) is 126. The lowest BCUT2D eigenvalue weighted by Crippen LogP contribution is -2.60. The Bertz CT molecular complexity index is 3040. The molecule has 2 aromatic rings. The zero-order valence-corrected chi connectivity index (χ0v) is 51.2. The predicted octanol–water partition coefficient (Wildman–Crippen LogP) is 7.80. The molecule has 3 fully saturated rings. The molecule has 6 unspecified atom stereocenters. The van der Waals surface area contributed by atoms with Crippen molar-refractivity contribution in [2.45, 2.75) is 235 Å². The number of rotatable bonds is 30. The molecular weight excluding hydrogens is 1080 g/mol. The minimum Gasteiger partial charge on any atom is -0.428 e. The van der Waals surface area contributed by atoms with Crippen molar-refractivity contribution >= 4 is 18.2 Å². The van der Waals surface area contributed by atoms with E-state index in [1.54, 1.807) is 24.8 Å². The fourth-order valence-electron chi connectivity index (χ4n) is 14.6. The van der Waals surface area contributed by atoms with Crippen LogP contribution in [0.5, 0.6) is 0 Å². The van der Waals surface area contributed by atoms with Crippen molar-refractivity contribution < 1.29 is 28.6 Å². The number of nitriles is 3. The molecule has 0 aliphatic heterocycles. The monoisotopic (exact) mass is 1170 g/mol. The summed E-state index contributed by atoms with van der Waals surface area (Å²) in [6.07, 6.45) is 23.5. The van der Waals surface area contributed by atoms with Crippen molar-refractivity contribution in [1.82, 2.24) is 27.4 Å². The molecule has 3 aliphatic rings. The number of aliphatic imine (C=N–C) groups is 3. The largest absolute Gasteiger partial charge is 0.428 e. The van der Waals surface area contributed by atoms with Gasteiger partial charge in [-0.25, -0.2) is 85.5 Å². The maximum absolute atomic E-state index is 14.8. The van der Waals surface area contributed by atoms with Crippen LogP contribution >= 0.6 is 0 Å². The standard InChI is InChI=1S/C36H54N6O6.C24H36N6O6/c1-31(2)10-25(13-34(7,16-31)19-39-24-43)40-28(44)41(26-11-32(3,4)17-35(8,14-26)20-47-22-37)30(46)42(29(40)45)27-12-33(5,6)18-36(9,15-27)21-48-23-38;25-19-36-18-12-6-5-11-17-30-23(34)28(15-9-3-1-7-13-26-20-31)22(33)29(24(30)35)16-10-4-2-8-14-27-21-32/h25-27H,10-21H2,1-9H3;1-18H2. The molecule has 3 saturated carbocycles. The van der Waals surface area contributed by atoms with Gasteiger partial charge >= 0.3 is 34.1 Å². The topological polar surface area (TPSA) is 319 Å². The van der Waals surface area contributed by atoms with Gasteiger partial charge in [0.1, 0.15) is 19.8 Å². The third kappa shape index (κ3) is 20.0. The van der Waals surface area contributed by atoms with Gasteiger partial charge in [-0.05, 0) is 124 Å². The third-order valence-corrected chi connectivity index (χ3v) is 16.9. The van der Waals surface area contributed by atoms with Crippen molar-refractivity contribution in [2.24, 2.45) is 47.5 Å². The summed E-state index contributed by atoms with van der Waals surface area (Å²) in [5.41, 5.74) is -5.94. The molecule has 6 atom stereocenters. The first-order chi connectivity index (χ1) is 39.7. The zero-order valence-electron chi connectivity index (χ0n) is 51.2. The maximum Gasteiger partial charge on any atom is 0.336 e. The first-order valence-corrected chi connectivity index (χ1v) is 29.8. The molecule has 0 saturated heterocycles. The highest BCUT2D eigenvalue weighted by Gasteiger charge is 2.48. The van der Waals surface area contributed by atoms with E-state index in [1.807, 2.05) is 20.8 Å². The van der Waals surface area contributed by atoms with Gasteiger partial charge in [-0.15, -0.1) is 0 Å². The van der Waals surface area contributed by atoms with Gasteiger partial charge in [0, 0.05) is 48.6 Å². The summed E-state index contributed by atoms with van der Waals surface area (Å²) in [7, 11) is 0. The summed E-state index contributed by atoms with van der Waals surface area (Å²) in [6, 6.07) is -1.60. The summed E-state index contributed by atoms with van der Waals surface area (Å²) in [5.74, 6) is 0. The second kappa shape index (κ2) is 31.6. The average Bonchev–Trinajstić information content (AvgIpc) is 0.839. The quantitative estimate of drug-likeness (QED) is 0.0312. The minimum absolute atomic E-state index is 0.159. The summed E-state index contributed by atoms with van der Waals surface area (Å²) < 4.78 is 22.5. The Kier molecular flexibility index (Phi) is 26.1. The van der Waals surface area contributed by atoms with E-state index in [2.05, 4.69) is 61.3 Å². The zero-order chi connectivity index (χ0) is 62.4. The van der Waals surface area contributed by atoms with Gasteiger partial charge in [0.05, 0.1) is 19.6 Å². The van der Waals surface area contributed by atoms with Crippen molar-refractivity contribution in [3.05, 3.63) is 62.9 Å². The van der Waals surface area contributed by atoms with E-state index in [-0.39, 0.29) is 55.6 Å². The highest BCUT2D eigenvalue weighted by Crippen LogP contribution is 2.53. The van der Waals surface area contributed by atoms with Crippen LogP contribution in [0.3, 0.4) is 0 Å². The van der Waals surface area contributed by atoms with Gasteiger partial charge in [-0.1, -0.05) is 94.4 Å². The molecule has 3 aliphatic carbocycles. The van der Waals surface area contributed by atoms with Crippen LogP contribution in [-0.4, -0.2) is 85.1 Å². The third-order valence-electron chi connectivity index (χ3n) is 16.9. The van der Waals surface area contributed by atoms with Gasteiger partial charge in [0.25, 0.3) is 18.8 Å². The molecule has 0 N–H and O–H groups in total. The van der Waals surface area contributed by atoms with E-state index in [0.29, 0.717) is 83.9 Å². The van der Waals surface area contributed by atoms with Crippen molar-refractivity contribution in [2.75, 3.05) is 39.5 Å². The molecule has 462 valence electrons. The molecule has 2 aromatic heterocycles. The Morgan fingerprint density at radius 3 is 1.05 bits per heavy atom. The predicted molar refractivity (Wildman–Crippen MR) is 312 cm³/mol. The summed E-state index contributed by atoms with van der Waals surface area (Å²) >= 11 is 0. The number of isocyanates is 3. The second-order valence-corrected chi connectivity index (χ2v) is 27.2. The molecule has 24 nitrogen and oxygen atoms in total. The molecule has 0 radical (unpaired) electrons. The highest BCUT2D eigenvalue weighted by molar-refractivity contribution is 5.33. The van der Waals surface area contributed by atoms with Gasteiger partial charge < -0.3 is 14.2 Å². The maximum atomic E-state index is 14.8. The number of hydrogen-bond acceptors (Lipinski definition) is 18. The normalized spacial score (nSPS) is 23.7. The Hall–Kier alpha value is -7.17. The van der Waals surface area contributed by atoms with Crippen molar-refractivity contribution in [3.8, 4) is 18.8 Å². The Balaban J connectivity index is 0.000000377. The molecule has 0 aromatic carbocycles. The highest BCUT2D eigenvalue weighted by atomic mass is 16.5. The fraction of sp³-hybridized carbons (Fsp3) is 0.800. The number of aromatic nitrogens is 6. The minimum atomic E-state index is -0.623. The van der Waals surface area contributed by atoms with Crippen LogP contribution in [0, 0.1) is 67.0 Å². The lowest BCUT2D eigenvalue weighted by molar-refractivity contribution is -0.000131. The van der Waals surface area contributed by atoms with Crippen molar-refractivity contribution in [1.29, 1.82) is 15.8 Å². The first-order valence-electron chi connectivity index (χ1n) is 29.8. The van der Waals surface area contributed by atoms with E-state index in [1.165, 1.54) is 25.9 Å². The van der Waals surface area contributed by atoms with Gasteiger partial charge in [-0.3, -0.25) is 0 Å². The molecule has 5 rings (SSSR count). The number of carbonyl (C=O) groups excluding carboxylic acids is 3. The molecule has 24 heteroatoms. The lowest BCUT2D eigenvalue weighted by atomic mass is 9.62. The van der Waals surface area contributed by atoms with E-state index in [0.717, 1.165) is 84.3 Å². The van der Waals surface area contributed by atoms with Gasteiger partial charge in [0.2, 0.25) is 18.2 Å². The second-order valence-electron chi connectivity index (χ2n) is 27.2. The lowest BCUT2D eigenvalue weighted by Gasteiger charge is -2.48. The van der Waals surface area contributed by atoms with Crippen LogP contribution in [0.25, 0.3) is 0 Å². The average molecular weight is 1170 g/mol. The van der Waals surface area contributed by atoms with Crippen LogP contribution in [-0.2, 0) is 48.2 Å². The SMILES string of the molecule is CC1(C)CC(n2c(=O)n(C3CC(C)(C)CC(C)(COC#N)C3)c(=O)n(C3CC(C)(C)CC(C)(COC#N)C3)c2=O)CC(C)(CN=C=O)C1.N#COCCCCCCn1c(=O)n(CCCCCCN=C=O)c(=O)n(CCCCCCN=C=O)c1=O. The smallest absolute Gasteiger partial charge is 0.336 e. The number of unbranched alkanes of at least 4 members (excludes halogenated alkanes) is 9. The van der Waals surface area contributed by atoms with E-state index < -0.39 is 68.5 Å². The van der Waals surface area contributed by atoms with Crippen LogP contribution in [0.2, 0.25) is 0 Å². The van der Waals surface area contributed by atoms with Crippen LogP contribution in [0.15, 0.2) is 43.7 Å². The molecule has 0 spiro atoms. The van der Waals surface area contributed by atoms with Crippen LogP contribution in [0.4, 0.5) is 0 Å². The Morgan fingerprint density at radius 1 is 0.405 bits per heavy atom. The first kappa shape index (κ1) is 69.3. The molecule has 84 heavy (non-hydrogen) atoms. The Morgan fingerprint density at radius 2 is 0.714 bits per heavy atom. The van der Waals surface area contributed by atoms with E-state index in [9.17, 15) is 53.7 Å². The van der Waals surface area contributed by atoms with E-state index in [4.69, 9.17) is 14.7 Å². The molecule has 2 heterocycles. The number of nitrogens with zero attached hydrogens (tertiary/aromatic N) is 12. The number of hydrogen-bond donors (Lipinski definition) is 0. The number of ether oxygens (including phenoxy) is 3. The molecule has 0 bridgehead atoms. The van der Waals surface area contributed by atoms with Crippen LogP contribution in [0.1, 0.15) is 215 Å². The summed E-state index contributed by atoms with van der Waals surface area (Å²) in [6.45, 7) is 21.0. The van der Waals surface area contributed by atoms with Crippen molar-refractivity contribution in [3.63, 3.8) is 0 Å². The van der Waals surface area contributed by atoms with Gasteiger partial charge in [0.15, 0.2) is 0 Å². The van der Waals surface area contributed by atoms with Crippen LogP contribution < -0.4 is 34.1 Å². The summed E-state index contributed by atoms with van der Waals surface area (Å²) in [5, 5.41) is 26.8. The Labute approximate surface area is 491 Å². The molecular formula is C60H90N12O12. The molecule has 0 amide bonds. The van der Waals surface area contributed by atoms with E-state index >= 15 is 0 Å². The van der Waals surface area contributed by atoms with Gasteiger partial charge in [-0.2, -0.15) is 15.8 Å².